The first-order chi connectivity index (χ1) is 14.3. The first-order valence-corrected chi connectivity index (χ1v) is 9.95. The molecule has 0 aliphatic rings. The molecule has 3 rings (SSSR count). The summed E-state index contributed by atoms with van der Waals surface area (Å²) >= 11 is 0.986. The highest BCUT2D eigenvalue weighted by molar-refractivity contribution is 7.99. The third kappa shape index (κ3) is 5.79. The zero-order valence-electron chi connectivity index (χ0n) is 15.6. The molecule has 1 aromatic heterocycles. The number of rotatable bonds is 8. The molecule has 0 bridgehead atoms. The molecule has 3 aromatic rings. The van der Waals surface area contributed by atoms with E-state index in [1.54, 1.807) is 12.1 Å². The molecule has 0 radical (unpaired) electrons. The maximum atomic E-state index is 14.3. The second-order valence-electron chi connectivity index (χ2n) is 6.37. The van der Waals surface area contributed by atoms with Crippen LogP contribution in [0, 0.1) is 11.6 Å². The summed E-state index contributed by atoms with van der Waals surface area (Å²) in [6.45, 7) is 0.175. The molecule has 9 heteroatoms. The highest BCUT2D eigenvalue weighted by atomic mass is 32.2. The van der Waals surface area contributed by atoms with E-state index in [1.807, 2.05) is 0 Å². The summed E-state index contributed by atoms with van der Waals surface area (Å²) in [5, 5.41) is 10.5. The van der Waals surface area contributed by atoms with Crippen LogP contribution in [0.2, 0.25) is 0 Å². The van der Waals surface area contributed by atoms with Gasteiger partial charge in [-0.3, -0.25) is 4.79 Å². The van der Waals surface area contributed by atoms with Crippen LogP contribution in [0.4, 0.5) is 17.6 Å². The number of carbonyl (C=O) groups excluding carboxylic acids is 1. The zero-order chi connectivity index (χ0) is 21.6. The first-order valence-electron chi connectivity index (χ1n) is 8.96. The van der Waals surface area contributed by atoms with E-state index in [4.69, 9.17) is 0 Å². The van der Waals surface area contributed by atoms with Crippen LogP contribution in [-0.4, -0.2) is 21.9 Å². The summed E-state index contributed by atoms with van der Waals surface area (Å²) in [6.07, 6.45) is 0.820. The van der Waals surface area contributed by atoms with Gasteiger partial charge in [0.05, 0.1) is 11.8 Å². The molecule has 30 heavy (non-hydrogen) atoms. The van der Waals surface area contributed by atoms with Crippen molar-refractivity contribution in [3.8, 4) is 0 Å². The van der Waals surface area contributed by atoms with E-state index in [0.29, 0.717) is 5.56 Å². The van der Waals surface area contributed by atoms with Gasteiger partial charge in [-0.05, 0) is 35.9 Å². The van der Waals surface area contributed by atoms with E-state index in [2.05, 4.69) is 15.5 Å². The van der Waals surface area contributed by atoms with Crippen molar-refractivity contribution in [2.45, 2.75) is 23.9 Å². The largest absolute Gasteiger partial charge is 0.348 e. The monoisotopic (exact) mass is 435 g/mol. The lowest BCUT2D eigenvalue weighted by Gasteiger charge is -2.16. The maximum Gasteiger partial charge on any atom is 0.274 e. The summed E-state index contributed by atoms with van der Waals surface area (Å²) in [6, 6.07) is 11.2. The molecule has 0 aliphatic carbocycles. The average molecular weight is 435 g/mol. The Morgan fingerprint density at radius 2 is 1.60 bits per heavy atom. The number of halogens is 4. The lowest BCUT2D eigenvalue weighted by molar-refractivity contribution is -0.00707. The third-order valence-electron chi connectivity index (χ3n) is 4.22. The molecule has 1 heterocycles. The molecule has 4 nitrogen and oxygen atoms in total. The van der Waals surface area contributed by atoms with Gasteiger partial charge in [0, 0.05) is 24.3 Å². The van der Waals surface area contributed by atoms with Crippen LogP contribution in [-0.2, 0) is 12.5 Å². The summed E-state index contributed by atoms with van der Waals surface area (Å²) in [5.41, 5.74) is 0.642. The van der Waals surface area contributed by atoms with Crippen LogP contribution >= 0.6 is 11.8 Å². The van der Waals surface area contributed by atoms with Gasteiger partial charge in [0.2, 0.25) is 0 Å². The Kier molecular flexibility index (Phi) is 7.04. The van der Waals surface area contributed by atoms with Crippen LogP contribution in [0.3, 0.4) is 0 Å². The molecule has 0 saturated carbocycles. The fourth-order valence-electron chi connectivity index (χ4n) is 2.59. The van der Waals surface area contributed by atoms with Crippen molar-refractivity contribution >= 4 is 17.7 Å². The summed E-state index contributed by atoms with van der Waals surface area (Å²) in [5.74, 6) is -4.57. The van der Waals surface area contributed by atoms with E-state index in [0.717, 1.165) is 36.0 Å². The van der Waals surface area contributed by atoms with Gasteiger partial charge in [0.25, 0.3) is 11.8 Å². The van der Waals surface area contributed by atoms with Gasteiger partial charge >= 0.3 is 0 Å². The normalized spacial score (nSPS) is 11.3. The van der Waals surface area contributed by atoms with E-state index in [1.165, 1.54) is 24.4 Å². The quantitative estimate of drug-likeness (QED) is 0.402. The van der Waals surface area contributed by atoms with Crippen molar-refractivity contribution in [2.24, 2.45) is 0 Å². The average Bonchev–Trinajstić information content (AvgIpc) is 2.74. The van der Waals surface area contributed by atoms with Gasteiger partial charge in [0.1, 0.15) is 16.7 Å². The number of aromatic nitrogens is 2. The number of nitrogens with zero attached hydrogens (tertiary/aromatic N) is 2. The van der Waals surface area contributed by atoms with E-state index in [-0.39, 0.29) is 34.3 Å². The Labute approximate surface area is 174 Å². The highest BCUT2D eigenvalue weighted by Gasteiger charge is 2.31. The molecule has 0 spiro atoms. The van der Waals surface area contributed by atoms with Crippen molar-refractivity contribution in [3.63, 3.8) is 0 Å². The summed E-state index contributed by atoms with van der Waals surface area (Å²) in [4.78, 5) is 12.5. The molecule has 1 N–H and O–H groups in total. The SMILES string of the molecule is O=C(NCc1ccc(F)cc1)c1ccnnc1SCCC(F)(F)c1ccc(F)cc1. The molecule has 0 atom stereocenters. The second kappa shape index (κ2) is 9.71. The molecule has 0 unspecified atom stereocenters. The third-order valence-corrected chi connectivity index (χ3v) is 5.20. The number of alkyl halides is 2. The van der Waals surface area contributed by atoms with Gasteiger partial charge in [-0.15, -0.1) is 16.9 Å². The number of nitrogens with one attached hydrogen (secondary N) is 1. The van der Waals surface area contributed by atoms with Gasteiger partial charge in [-0.25, -0.2) is 17.6 Å². The minimum absolute atomic E-state index is 0.0265. The van der Waals surface area contributed by atoms with Gasteiger partial charge in [-0.1, -0.05) is 24.3 Å². The van der Waals surface area contributed by atoms with E-state index >= 15 is 0 Å². The van der Waals surface area contributed by atoms with Gasteiger partial charge in [-0.2, -0.15) is 5.10 Å². The Morgan fingerprint density at radius 3 is 2.27 bits per heavy atom. The van der Waals surface area contributed by atoms with Crippen LogP contribution in [0.25, 0.3) is 0 Å². The lowest BCUT2D eigenvalue weighted by Crippen LogP contribution is -2.24. The number of thioether (sulfide) groups is 1. The van der Waals surface area contributed by atoms with Crippen molar-refractivity contribution < 1.29 is 22.4 Å². The standard InChI is InChI=1S/C21H17F4N3OS/c22-16-5-1-14(2-6-16)13-26-19(29)18-9-11-27-28-20(18)30-12-10-21(24,25)15-3-7-17(23)8-4-15/h1-9,11H,10,12-13H2,(H,26,29). The highest BCUT2D eigenvalue weighted by Crippen LogP contribution is 2.34. The minimum atomic E-state index is -3.14. The zero-order valence-corrected chi connectivity index (χ0v) is 16.4. The molecule has 156 valence electrons. The summed E-state index contributed by atoms with van der Waals surface area (Å²) in [7, 11) is 0. The fourth-order valence-corrected chi connectivity index (χ4v) is 3.56. The Hall–Kier alpha value is -2.94. The topological polar surface area (TPSA) is 54.9 Å². The molecule has 1 amide bonds. The molecule has 2 aromatic carbocycles. The van der Waals surface area contributed by atoms with Gasteiger partial charge in [0.15, 0.2) is 0 Å². The Balaban J connectivity index is 1.59. The van der Waals surface area contributed by atoms with Crippen molar-refractivity contribution in [3.05, 3.63) is 89.1 Å². The maximum absolute atomic E-state index is 14.3. The summed E-state index contributed by atoms with van der Waals surface area (Å²) < 4.78 is 54.5. The minimum Gasteiger partial charge on any atom is -0.348 e. The number of benzene rings is 2. The lowest BCUT2D eigenvalue weighted by atomic mass is 10.1. The van der Waals surface area contributed by atoms with Crippen LogP contribution < -0.4 is 5.32 Å². The number of carbonyl (C=O) groups is 1. The molecular formula is C21H17F4N3OS. The van der Waals surface area contributed by atoms with E-state index in [9.17, 15) is 22.4 Å². The molecule has 0 saturated heterocycles. The van der Waals surface area contributed by atoms with Gasteiger partial charge < -0.3 is 5.32 Å². The predicted octanol–water partition coefficient (Wildman–Crippen LogP) is 4.96. The van der Waals surface area contributed by atoms with E-state index < -0.39 is 24.1 Å². The predicted molar refractivity (Wildman–Crippen MR) is 105 cm³/mol. The molecule has 0 aliphatic heterocycles. The number of hydrogen-bond acceptors (Lipinski definition) is 4. The first kappa shape index (κ1) is 21.8. The van der Waals surface area contributed by atoms with Crippen molar-refractivity contribution in [1.29, 1.82) is 0 Å². The smallest absolute Gasteiger partial charge is 0.274 e. The van der Waals surface area contributed by atoms with Crippen LogP contribution in [0.1, 0.15) is 27.9 Å². The Bertz CT molecular complexity index is 998. The van der Waals surface area contributed by atoms with Crippen LogP contribution in [0.15, 0.2) is 65.8 Å². The molecule has 0 fully saturated rings. The van der Waals surface area contributed by atoms with Crippen molar-refractivity contribution in [1.82, 2.24) is 15.5 Å². The molecular weight excluding hydrogens is 418 g/mol. The fraction of sp³-hybridized carbons (Fsp3) is 0.190. The number of hydrogen-bond donors (Lipinski definition) is 1. The van der Waals surface area contributed by atoms with Crippen molar-refractivity contribution in [2.75, 3.05) is 5.75 Å². The second-order valence-corrected chi connectivity index (χ2v) is 7.45. The number of amides is 1. The van der Waals surface area contributed by atoms with Crippen LogP contribution in [0.5, 0.6) is 0 Å². The Morgan fingerprint density at radius 1 is 0.967 bits per heavy atom.